The second kappa shape index (κ2) is 17.6. The van der Waals surface area contributed by atoms with Crippen LogP contribution < -0.4 is 25.4 Å². The Kier molecular flexibility index (Phi) is 13.4. The van der Waals surface area contributed by atoms with E-state index >= 15 is 0 Å². The van der Waals surface area contributed by atoms with Gasteiger partial charge in [-0.15, -0.1) is 0 Å². The first-order valence-electron chi connectivity index (χ1n) is 16.3. The van der Waals surface area contributed by atoms with E-state index in [1.165, 1.54) is 0 Å². The number of hydrogen-bond acceptors (Lipinski definition) is 7. The van der Waals surface area contributed by atoms with E-state index in [9.17, 15) is 4.79 Å². The van der Waals surface area contributed by atoms with Crippen molar-refractivity contribution in [1.29, 1.82) is 0 Å². The van der Waals surface area contributed by atoms with Crippen LogP contribution in [0.15, 0.2) is 60.7 Å². The molecule has 3 N–H and O–H groups in total. The van der Waals surface area contributed by atoms with Gasteiger partial charge in [0.2, 0.25) is 5.91 Å². The average Bonchev–Trinajstić information content (AvgIpc) is 3.07. The Balaban J connectivity index is 1.42. The maximum atomic E-state index is 12.3. The van der Waals surface area contributed by atoms with E-state index < -0.39 is 0 Å². The van der Waals surface area contributed by atoms with Gasteiger partial charge in [-0.05, 0) is 100 Å². The molecule has 8 nitrogen and oxygen atoms in total. The molecular weight excluding hydrogens is 598 g/mol. The highest BCUT2D eigenvalue weighted by molar-refractivity contribution is 6.31. The summed E-state index contributed by atoms with van der Waals surface area (Å²) in [6.45, 7) is 11.2. The first kappa shape index (κ1) is 34.9. The minimum absolute atomic E-state index is 0.111. The molecule has 3 aromatic carbocycles. The van der Waals surface area contributed by atoms with Gasteiger partial charge < -0.3 is 30.3 Å². The van der Waals surface area contributed by atoms with Crippen LogP contribution >= 0.6 is 11.6 Å². The van der Waals surface area contributed by atoms with Crippen LogP contribution in [0.25, 0.3) is 27.9 Å². The van der Waals surface area contributed by atoms with Crippen molar-refractivity contribution in [1.82, 2.24) is 15.2 Å². The number of carbonyl (C=O) groups excluding carboxylic acids is 1. The zero-order chi connectivity index (χ0) is 32.9. The predicted octanol–water partition coefficient (Wildman–Crippen LogP) is 8.00. The third kappa shape index (κ3) is 9.74. The molecule has 1 aromatic heterocycles. The summed E-state index contributed by atoms with van der Waals surface area (Å²) in [6.07, 6.45) is 7.24. The number of pyridine rings is 1. The molecule has 1 heterocycles. The van der Waals surface area contributed by atoms with Crippen LogP contribution in [0.4, 0.5) is 11.4 Å². The molecule has 0 saturated carbocycles. The summed E-state index contributed by atoms with van der Waals surface area (Å²) in [5.41, 5.74) is 4.60. The second-order valence-electron chi connectivity index (χ2n) is 11.5. The lowest BCUT2D eigenvalue weighted by Crippen LogP contribution is -2.25. The number of aromatic nitrogens is 1. The molecule has 9 heteroatoms. The number of carbonyl (C=O) groups is 1. The number of halogens is 1. The smallest absolute Gasteiger partial charge is 0.243 e. The molecule has 46 heavy (non-hydrogen) atoms. The van der Waals surface area contributed by atoms with E-state index in [4.69, 9.17) is 26.1 Å². The summed E-state index contributed by atoms with van der Waals surface area (Å²) in [5, 5.41) is 13.1. The maximum Gasteiger partial charge on any atom is 0.243 e. The van der Waals surface area contributed by atoms with E-state index in [0.29, 0.717) is 11.6 Å². The van der Waals surface area contributed by atoms with E-state index in [0.717, 1.165) is 102 Å². The maximum absolute atomic E-state index is 12.3. The van der Waals surface area contributed by atoms with Gasteiger partial charge in [-0.25, -0.2) is 4.98 Å². The molecule has 246 valence electrons. The highest BCUT2D eigenvalue weighted by Crippen LogP contribution is 2.38. The molecule has 0 radical (unpaired) electrons. The number of anilines is 2. The predicted molar refractivity (Wildman–Crippen MR) is 194 cm³/mol. The Morgan fingerprint density at radius 1 is 0.935 bits per heavy atom. The van der Waals surface area contributed by atoms with E-state index in [1.807, 2.05) is 48.5 Å². The third-order valence-electron chi connectivity index (χ3n) is 8.21. The van der Waals surface area contributed by atoms with Crippen LogP contribution in [-0.2, 0) is 4.79 Å². The fourth-order valence-electron chi connectivity index (χ4n) is 5.51. The Hall–Kier alpha value is -4.01. The highest BCUT2D eigenvalue weighted by Gasteiger charge is 2.16. The molecule has 4 rings (SSSR count). The lowest BCUT2D eigenvalue weighted by molar-refractivity contribution is -0.116. The molecule has 1 amide bonds. The Bertz CT molecular complexity index is 1600. The monoisotopic (exact) mass is 645 g/mol. The largest absolute Gasteiger partial charge is 0.497 e. The molecular formula is C37H48ClN5O3. The lowest BCUT2D eigenvalue weighted by atomic mass is 10.0. The van der Waals surface area contributed by atoms with Crippen molar-refractivity contribution >= 4 is 56.8 Å². The number of fused-ring (bicyclic) bond motifs is 2. The molecule has 0 spiro atoms. The fraction of sp³-hybridized carbons (Fsp3) is 0.405. The van der Waals surface area contributed by atoms with Crippen molar-refractivity contribution in [2.45, 2.75) is 52.5 Å². The first-order chi connectivity index (χ1) is 22.3. The molecule has 0 saturated heterocycles. The topological polar surface area (TPSA) is 87.8 Å². The van der Waals surface area contributed by atoms with Gasteiger partial charge in [0.1, 0.15) is 11.5 Å². The van der Waals surface area contributed by atoms with Crippen molar-refractivity contribution in [3.05, 3.63) is 71.3 Å². The summed E-state index contributed by atoms with van der Waals surface area (Å²) in [7, 11) is 3.32. The van der Waals surface area contributed by atoms with E-state index in [1.54, 1.807) is 26.4 Å². The minimum Gasteiger partial charge on any atom is -0.497 e. The number of nitrogens with one attached hydrogen (secondary N) is 3. The van der Waals surface area contributed by atoms with Crippen molar-refractivity contribution in [2.24, 2.45) is 0 Å². The molecule has 0 aliphatic heterocycles. The fourth-order valence-corrected chi connectivity index (χ4v) is 5.68. The first-order valence-corrected chi connectivity index (χ1v) is 16.7. The zero-order valence-corrected chi connectivity index (χ0v) is 28.5. The van der Waals surface area contributed by atoms with Gasteiger partial charge in [0, 0.05) is 47.1 Å². The van der Waals surface area contributed by atoms with Gasteiger partial charge in [0.05, 0.1) is 36.6 Å². The van der Waals surface area contributed by atoms with E-state index in [-0.39, 0.29) is 11.9 Å². The van der Waals surface area contributed by atoms with Gasteiger partial charge >= 0.3 is 0 Å². The van der Waals surface area contributed by atoms with Gasteiger partial charge in [-0.2, -0.15) is 0 Å². The Labute approximate surface area is 278 Å². The molecule has 1 atom stereocenters. The molecule has 1 unspecified atom stereocenters. The van der Waals surface area contributed by atoms with Gasteiger partial charge in [0.15, 0.2) is 0 Å². The normalized spacial score (nSPS) is 12.2. The van der Waals surface area contributed by atoms with Crippen LogP contribution in [0.5, 0.6) is 11.5 Å². The Morgan fingerprint density at radius 3 is 2.39 bits per heavy atom. The summed E-state index contributed by atoms with van der Waals surface area (Å²) in [5.74, 6) is 1.44. The van der Waals surface area contributed by atoms with E-state index in [2.05, 4.69) is 47.7 Å². The summed E-state index contributed by atoms with van der Waals surface area (Å²) in [4.78, 5) is 19.8. The number of amides is 1. The van der Waals surface area contributed by atoms with Gasteiger partial charge in [-0.1, -0.05) is 37.6 Å². The third-order valence-corrected chi connectivity index (χ3v) is 8.44. The second-order valence-corrected chi connectivity index (χ2v) is 11.9. The van der Waals surface area contributed by atoms with Gasteiger partial charge in [0.25, 0.3) is 0 Å². The number of hydrogen-bond donors (Lipinski definition) is 3. The van der Waals surface area contributed by atoms with Crippen LogP contribution in [-0.4, -0.2) is 68.8 Å². The SMILES string of the molecule is CCN(CC)CCCC(C)Nc1c2ccc(Cl)cc2nc2c(NCCCCNC(=O)/C=C/c3ccc(OC)cc3)cc(OC)cc12. The summed E-state index contributed by atoms with van der Waals surface area (Å²) >= 11 is 6.42. The Morgan fingerprint density at radius 2 is 1.67 bits per heavy atom. The number of unbranched alkanes of at least 4 members (excludes halogenated alkanes) is 1. The van der Waals surface area contributed by atoms with Crippen molar-refractivity contribution in [2.75, 3.05) is 57.6 Å². The molecule has 0 fully saturated rings. The van der Waals surface area contributed by atoms with Crippen molar-refractivity contribution in [3.63, 3.8) is 0 Å². The van der Waals surface area contributed by atoms with Crippen LogP contribution in [0, 0.1) is 0 Å². The number of benzene rings is 3. The van der Waals surface area contributed by atoms with Gasteiger partial charge in [-0.3, -0.25) is 4.79 Å². The number of ether oxygens (including phenoxy) is 2. The quantitative estimate of drug-likeness (QED) is 0.0574. The number of nitrogens with zero attached hydrogens (tertiary/aromatic N) is 2. The molecule has 0 bridgehead atoms. The standard InChI is InChI=1S/C37H48ClN5O3/c1-6-43(7-2)22-10-11-26(3)41-36-31-18-15-28(38)23-33(31)42-37-32(36)24-30(46-5)25-34(37)39-20-8-9-21-40-35(44)19-14-27-12-16-29(45-4)17-13-27/h12-19,23-26,39H,6-11,20-22H2,1-5H3,(H,40,44)(H,41,42)/b19-14+. The lowest BCUT2D eigenvalue weighted by Gasteiger charge is -2.22. The average molecular weight is 646 g/mol. The number of rotatable bonds is 18. The summed E-state index contributed by atoms with van der Waals surface area (Å²) < 4.78 is 10.9. The molecule has 0 aliphatic carbocycles. The summed E-state index contributed by atoms with van der Waals surface area (Å²) in [6, 6.07) is 17.8. The molecule has 4 aromatic rings. The zero-order valence-electron chi connectivity index (χ0n) is 27.8. The van der Waals surface area contributed by atoms with Crippen LogP contribution in [0.3, 0.4) is 0 Å². The van der Waals surface area contributed by atoms with Crippen molar-refractivity contribution < 1.29 is 14.3 Å². The van der Waals surface area contributed by atoms with Crippen LogP contribution in [0.1, 0.15) is 52.0 Å². The van der Waals surface area contributed by atoms with Crippen molar-refractivity contribution in [3.8, 4) is 11.5 Å². The minimum atomic E-state index is -0.111. The number of methoxy groups -OCH3 is 2. The molecule has 0 aliphatic rings. The van der Waals surface area contributed by atoms with Crippen LogP contribution in [0.2, 0.25) is 5.02 Å². The highest BCUT2D eigenvalue weighted by atomic mass is 35.5.